The van der Waals surface area contributed by atoms with Crippen LogP contribution in [0.25, 0.3) is 0 Å². The molecule has 1 rings (SSSR count). The van der Waals surface area contributed by atoms with Gasteiger partial charge in [-0.15, -0.1) is 0 Å². The summed E-state index contributed by atoms with van der Waals surface area (Å²) in [4.78, 5) is 24.2. The average molecular weight is 358 g/mol. The number of aliphatic hydroxyl groups is 1. The number of thiocarbonyl (C=S) groups is 1. The topological polar surface area (TPSA) is 104 Å². The lowest BCUT2D eigenvalue weighted by molar-refractivity contribution is -0.134. The maximum atomic E-state index is 11.9. The summed E-state index contributed by atoms with van der Waals surface area (Å²) in [7, 11) is 0. The predicted octanol–water partition coefficient (Wildman–Crippen LogP) is 0.610. The van der Waals surface area contributed by atoms with Gasteiger partial charge in [0.2, 0.25) is 0 Å². The standard InChI is InChI=1S/C15H23N3O3S2/c1-9(2)23-8-7-11(16)13(19)15(21)18-17-14(20)10-5-3-4-6-12(10)22/h3-5,9,11,13,19H,6-8,16H2,1-2H3,(H,17,20)(H,18,21)/t11-,13?/m1/s1. The van der Waals surface area contributed by atoms with Crippen LogP contribution >= 0.6 is 24.0 Å². The second kappa shape index (κ2) is 9.82. The van der Waals surface area contributed by atoms with Crippen molar-refractivity contribution < 1.29 is 14.7 Å². The number of carbonyl (C=O) groups excluding carboxylic acids is 2. The molecule has 128 valence electrons. The summed E-state index contributed by atoms with van der Waals surface area (Å²) >= 11 is 6.79. The van der Waals surface area contributed by atoms with Gasteiger partial charge in [0, 0.05) is 17.3 Å². The highest BCUT2D eigenvalue weighted by Gasteiger charge is 2.24. The zero-order valence-electron chi connectivity index (χ0n) is 13.2. The molecule has 0 radical (unpaired) electrons. The Morgan fingerprint density at radius 2 is 2.13 bits per heavy atom. The maximum absolute atomic E-state index is 11.9. The van der Waals surface area contributed by atoms with Crippen molar-refractivity contribution >= 4 is 40.7 Å². The van der Waals surface area contributed by atoms with Crippen LogP contribution in [0.5, 0.6) is 0 Å². The van der Waals surface area contributed by atoms with Gasteiger partial charge in [-0.05, 0) is 23.5 Å². The molecule has 0 aromatic rings. The van der Waals surface area contributed by atoms with Crippen LogP contribution in [0.15, 0.2) is 23.8 Å². The quantitative estimate of drug-likeness (QED) is 0.393. The lowest BCUT2D eigenvalue weighted by Crippen LogP contribution is -2.52. The molecule has 0 saturated heterocycles. The van der Waals surface area contributed by atoms with Crippen molar-refractivity contribution in [1.29, 1.82) is 0 Å². The van der Waals surface area contributed by atoms with E-state index in [0.29, 0.717) is 28.5 Å². The van der Waals surface area contributed by atoms with Crippen LogP contribution < -0.4 is 16.6 Å². The number of nitrogens with one attached hydrogen (secondary N) is 2. The fourth-order valence-corrected chi connectivity index (χ4v) is 2.93. The lowest BCUT2D eigenvalue weighted by atomic mass is 10.0. The molecule has 0 bridgehead atoms. The van der Waals surface area contributed by atoms with Crippen molar-refractivity contribution in [3.63, 3.8) is 0 Å². The van der Waals surface area contributed by atoms with Crippen LogP contribution in [0.4, 0.5) is 0 Å². The Morgan fingerprint density at radius 3 is 2.74 bits per heavy atom. The highest BCUT2D eigenvalue weighted by atomic mass is 32.2. The molecule has 0 saturated carbocycles. The summed E-state index contributed by atoms with van der Waals surface area (Å²) in [5.41, 5.74) is 10.6. The van der Waals surface area contributed by atoms with Crippen LogP contribution in [0.1, 0.15) is 26.7 Å². The number of hydrogen-bond acceptors (Lipinski definition) is 6. The minimum atomic E-state index is -1.38. The van der Waals surface area contributed by atoms with Gasteiger partial charge in [0.05, 0.1) is 5.57 Å². The highest BCUT2D eigenvalue weighted by molar-refractivity contribution is 7.99. The zero-order chi connectivity index (χ0) is 17.4. The van der Waals surface area contributed by atoms with E-state index < -0.39 is 24.0 Å². The number of hydrogen-bond donors (Lipinski definition) is 4. The molecule has 23 heavy (non-hydrogen) atoms. The van der Waals surface area contributed by atoms with E-state index >= 15 is 0 Å². The summed E-state index contributed by atoms with van der Waals surface area (Å²) in [6, 6.07) is -0.684. The van der Waals surface area contributed by atoms with E-state index in [0.717, 1.165) is 5.75 Å². The Morgan fingerprint density at radius 1 is 1.43 bits per heavy atom. The van der Waals surface area contributed by atoms with Crippen LogP contribution in [0.2, 0.25) is 0 Å². The second-order valence-electron chi connectivity index (χ2n) is 5.40. The van der Waals surface area contributed by atoms with Crippen LogP contribution in [0.3, 0.4) is 0 Å². The maximum Gasteiger partial charge on any atom is 0.270 e. The number of nitrogens with two attached hydrogens (primary N) is 1. The first-order chi connectivity index (χ1) is 10.8. The normalized spacial score (nSPS) is 16.7. The Labute approximate surface area is 145 Å². The van der Waals surface area contributed by atoms with Crippen molar-refractivity contribution in [1.82, 2.24) is 10.9 Å². The molecule has 5 N–H and O–H groups in total. The largest absolute Gasteiger partial charge is 0.382 e. The third kappa shape index (κ3) is 6.82. The van der Waals surface area contributed by atoms with E-state index in [9.17, 15) is 14.7 Å². The van der Waals surface area contributed by atoms with Crippen LogP contribution in [0, 0.1) is 0 Å². The number of allylic oxidation sites excluding steroid dienone is 3. The molecule has 1 unspecified atom stereocenters. The number of hydrazine groups is 1. The molecule has 0 heterocycles. The van der Waals surface area contributed by atoms with E-state index in [4.69, 9.17) is 18.0 Å². The van der Waals surface area contributed by atoms with Crippen molar-refractivity contribution in [2.24, 2.45) is 5.73 Å². The molecule has 6 nitrogen and oxygen atoms in total. The van der Waals surface area contributed by atoms with Gasteiger partial charge < -0.3 is 10.8 Å². The Hall–Kier alpha value is -1.22. The van der Waals surface area contributed by atoms with Crippen molar-refractivity contribution in [3.8, 4) is 0 Å². The van der Waals surface area contributed by atoms with Gasteiger partial charge in [-0.1, -0.05) is 38.2 Å². The van der Waals surface area contributed by atoms with E-state index in [-0.39, 0.29) is 0 Å². The fraction of sp³-hybridized carbons (Fsp3) is 0.533. The summed E-state index contributed by atoms with van der Waals surface area (Å²) in [5.74, 6) is -0.495. The molecule has 0 aromatic heterocycles. The van der Waals surface area contributed by atoms with Gasteiger partial charge in [-0.3, -0.25) is 20.4 Å². The van der Waals surface area contributed by atoms with E-state index in [1.54, 1.807) is 23.9 Å². The van der Waals surface area contributed by atoms with E-state index in [1.807, 2.05) is 6.08 Å². The molecule has 2 atom stereocenters. The average Bonchev–Trinajstić information content (AvgIpc) is 2.51. The zero-order valence-corrected chi connectivity index (χ0v) is 14.9. The number of aliphatic hydroxyl groups excluding tert-OH is 1. The van der Waals surface area contributed by atoms with Crippen molar-refractivity contribution in [2.75, 3.05) is 5.75 Å². The van der Waals surface area contributed by atoms with Gasteiger partial charge in [-0.2, -0.15) is 11.8 Å². The van der Waals surface area contributed by atoms with Crippen LogP contribution in [-0.2, 0) is 9.59 Å². The third-order valence-corrected chi connectivity index (χ3v) is 4.65. The first-order valence-corrected chi connectivity index (χ1v) is 8.84. The second-order valence-corrected chi connectivity index (χ2v) is 7.57. The molecule has 0 aliphatic heterocycles. The highest BCUT2D eigenvalue weighted by Crippen LogP contribution is 2.12. The Bertz CT molecular complexity index is 518. The summed E-state index contributed by atoms with van der Waals surface area (Å²) in [6.45, 7) is 4.13. The molecule has 2 amide bonds. The number of rotatable bonds is 7. The number of carbonyl (C=O) groups is 2. The number of amides is 2. The first kappa shape index (κ1) is 19.8. The van der Waals surface area contributed by atoms with E-state index in [1.165, 1.54) is 0 Å². The molecule has 1 aliphatic rings. The Kier molecular flexibility index (Phi) is 8.46. The summed E-state index contributed by atoms with van der Waals surface area (Å²) in [5, 5.41) is 10.3. The summed E-state index contributed by atoms with van der Waals surface area (Å²) < 4.78 is 0. The first-order valence-electron chi connectivity index (χ1n) is 7.38. The van der Waals surface area contributed by atoms with Gasteiger partial charge in [0.1, 0.15) is 6.10 Å². The molecule has 1 aliphatic carbocycles. The molecule has 0 fully saturated rings. The smallest absolute Gasteiger partial charge is 0.270 e. The van der Waals surface area contributed by atoms with Gasteiger partial charge in [0.25, 0.3) is 11.8 Å². The SMILES string of the molecule is CC(C)SCC[C@@H](N)C(O)C(=O)NNC(=O)C1=CC=CCC1=S. The summed E-state index contributed by atoms with van der Waals surface area (Å²) in [6.07, 6.45) is 4.79. The van der Waals surface area contributed by atoms with Gasteiger partial charge >= 0.3 is 0 Å². The lowest BCUT2D eigenvalue weighted by Gasteiger charge is -2.19. The predicted molar refractivity (Wildman–Crippen MR) is 96.9 cm³/mol. The number of thioether (sulfide) groups is 1. The molecular weight excluding hydrogens is 334 g/mol. The van der Waals surface area contributed by atoms with Gasteiger partial charge in [-0.25, -0.2) is 0 Å². The fourth-order valence-electron chi connectivity index (χ4n) is 1.80. The van der Waals surface area contributed by atoms with Crippen molar-refractivity contribution in [2.45, 2.75) is 44.1 Å². The van der Waals surface area contributed by atoms with Crippen molar-refractivity contribution in [3.05, 3.63) is 23.8 Å². The minimum absolute atomic E-state index is 0.329. The molecule has 0 aromatic carbocycles. The molecule has 0 spiro atoms. The monoisotopic (exact) mass is 357 g/mol. The minimum Gasteiger partial charge on any atom is -0.382 e. The van der Waals surface area contributed by atoms with E-state index in [2.05, 4.69) is 24.7 Å². The van der Waals surface area contributed by atoms with Crippen LogP contribution in [-0.4, -0.2) is 44.9 Å². The Balaban J connectivity index is 2.40. The molecule has 8 heteroatoms. The third-order valence-electron chi connectivity index (χ3n) is 3.12. The van der Waals surface area contributed by atoms with Gasteiger partial charge in [0.15, 0.2) is 0 Å². The molecular formula is C15H23N3O3S2.